The zero-order chi connectivity index (χ0) is 102. The predicted molar refractivity (Wildman–Crippen MR) is 522 cm³/mol. The molecule has 0 saturated carbocycles. The number of hydrogen-bond acceptors (Lipinski definition) is 24. The third-order valence-electron chi connectivity index (χ3n) is 23.4. The molecule has 2 rings (SSSR count). The van der Waals surface area contributed by atoms with E-state index in [-0.39, 0.29) is 156 Å². The number of nitrogens with two attached hydrogens (primary N) is 6. The summed E-state index contributed by atoms with van der Waals surface area (Å²) in [6, 6.07) is -16.6. The number of nitrogens with zero attached hydrogens (tertiary/aromatic N) is 1. The lowest BCUT2D eigenvalue weighted by atomic mass is 9.98. The molecule has 2 aliphatic rings. The minimum absolute atomic E-state index is 0.0000319. The molecule has 18 amide bonds. The summed E-state index contributed by atoms with van der Waals surface area (Å²) in [7, 11) is 0. The fraction of sp³-hybridized carbons (Fsp3) is 0.793. The summed E-state index contributed by atoms with van der Waals surface area (Å²) >= 11 is 1.74. The molecular formula is C92H168N24O20S. The molecule has 0 spiro atoms. The monoisotopic (exact) mass is 1960 g/mol. The Hall–Kier alpha value is -10.3. The van der Waals surface area contributed by atoms with Gasteiger partial charge in [-0.15, -0.1) is 0 Å². The molecular weight excluding hydrogens is 1790 g/mol. The topological polar surface area (TPSA) is 721 Å². The van der Waals surface area contributed by atoms with Gasteiger partial charge in [0.2, 0.25) is 94.5 Å². The maximum atomic E-state index is 14.5. The van der Waals surface area contributed by atoms with Crippen LogP contribution in [0.1, 0.15) is 300 Å². The Morgan fingerprint density at radius 3 is 1.29 bits per heavy atom. The number of carboxylic acids is 1. The first-order valence-corrected chi connectivity index (χ1v) is 50.5. The zero-order valence-electron chi connectivity index (χ0n) is 82.6. The van der Waals surface area contributed by atoms with Gasteiger partial charge in [-0.3, -0.25) is 86.5 Å². The fourth-order valence-electron chi connectivity index (χ4n) is 15.4. The maximum absolute atomic E-state index is 14.5. The van der Waals surface area contributed by atoms with E-state index in [4.69, 9.17) is 34.4 Å². The second-order valence-corrected chi connectivity index (χ2v) is 38.6. The van der Waals surface area contributed by atoms with Crippen molar-refractivity contribution in [3.8, 4) is 0 Å². The second kappa shape index (κ2) is 70.4. The molecule has 44 nitrogen and oxygen atoms in total. The number of urea groups is 1. The molecule has 0 bridgehead atoms. The Morgan fingerprint density at radius 2 is 0.788 bits per heavy atom. The minimum Gasteiger partial charge on any atom is -0.481 e. The van der Waals surface area contributed by atoms with Gasteiger partial charge < -0.3 is 135 Å². The smallest absolute Gasteiger partial charge is 0.315 e. The van der Waals surface area contributed by atoms with Crippen LogP contribution in [0.25, 0.3) is 0 Å². The summed E-state index contributed by atoms with van der Waals surface area (Å²) < 4.78 is 0. The molecule has 0 aromatic heterocycles. The number of guanidine groups is 1. The van der Waals surface area contributed by atoms with Crippen molar-refractivity contribution in [3.05, 3.63) is 0 Å². The number of nitrogens with one attached hydrogen (secondary N) is 17. The van der Waals surface area contributed by atoms with Crippen LogP contribution in [0.2, 0.25) is 0 Å². The number of rotatable bonds is 77. The normalized spacial score (nSPS) is 16.6. The number of primary amides is 1. The second-order valence-electron chi connectivity index (χ2n) is 37.3. The van der Waals surface area contributed by atoms with E-state index in [9.17, 15) is 96.5 Å². The highest BCUT2D eigenvalue weighted by molar-refractivity contribution is 8.00. The lowest BCUT2D eigenvalue weighted by molar-refractivity contribution is -0.141. The number of aliphatic carboxylic acids is 1. The van der Waals surface area contributed by atoms with Gasteiger partial charge in [0.05, 0.1) is 43.7 Å². The van der Waals surface area contributed by atoms with Crippen molar-refractivity contribution in [2.45, 2.75) is 396 Å². The highest BCUT2D eigenvalue weighted by Crippen LogP contribution is 2.33. The standard InChI is InChI=1S/C92H168N24O20S/c1-11-12-13-14-15-16-17-18-19-20-21-22-23-41-73(118)99-44-32-28-37-63(78(96)123)109-81(126)60(10)105-79(124)58(8)104-80(125)59(9)106-87(132)66(48-55(2)3)112-89(134)68(50-57(6)7)113-88(133)67(49-56(4)5)111-86(131)65(110-83(128)62(95)35-26-30-43-93)38-29-33-45-100-82(127)61(94)36-27-31-46-101-85(130)70(53-117)114-90(135)69(51-76(121)122)108-75(120)52-103-84(129)64(39-34-47-102-91(97)98)107-74(119)42-25-24-40-72-77-71(54-137-72)115-92(136)116-77/h55-72,77,117H,11-54,93-95H2,1-10H3,(H2,96,123)(H,99,118)(H,100,127)(H,101,130)(H,103,129)(H,104,125)(H,105,124)(H,106,132)(H,107,119)(H,108,120)(H,109,126)(H,110,128)(H,111,131)(H,112,134)(H,113,133)(H,114,135)(H,121,122)(H4,97,98,102)(H2,115,116,136)/t58-,59-,60-,61-,62-,63-,64-,65-,66-,67-,68-,69-,70-,71-,72-,77-/m0/s1. The van der Waals surface area contributed by atoms with Crippen LogP contribution in [0.3, 0.4) is 0 Å². The quantitative estimate of drug-likeness (QED) is 0.0158. The SMILES string of the molecule is CCCCCCCCCCCCCCCC(=O)NCCCC[C@H](NC(=O)[C@H](C)NC(=O)[C@H](C)NC(=O)[C@H](C)NC(=O)[C@H](CC(C)C)NC(=O)[C@H](CC(C)C)NC(=O)[C@H](CC(C)C)NC(=O)[C@H](CCCCNC(=O)[C@@H](N)CCCCNC(=O)[C@H](CO)NC(=O)[C@H](CC(=O)O)NC(=O)CNC(=O)[C@H](CCCN=C(N)N)NC(=O)CCCC[C@@H]1SC[C@@H]2NC(=O)N[C@@H]21)NC(=O)[C@@H](N)CCCCN)C(N)=O. The predicted octanol–water partition coefficient (Wildman–Crippen LogP) is -0.510. The van der Waals surface area contributed by atoms with Crippen LogP contribution >= 0.6 is 11.8 Å². The fourth-order valence-corrected chi connectivity index (χ4v) is 17.0. The van der Waals surface area contributed by atoms with Crippen LogP contribution in [-0.2, 0) is 81.5 Å². The van der Waals surface area contributed by atoms with E-state index < -0.39 is 193 Å². The van der Waals surface area contributed by atoms with Gasteiger partial charge >= 0.3 is 12.0 Å². The number of thioether (sulfide) groups is 1. The Labute approximate surface area is 812 Å². The molecule has 0 aromatic carbocycles. The number of carbonyl (C=O) groups is 18. The number of unbranched alkanes of at least 4 members (excludes halogenated alkanes) is 17. The largest absolute Gasteiger partial charge is 0.481 e. The summed E-state index contributed by atoms with van der Waals surface area (Å²) in [6.07, 6.45) is 21.4. The molecule has 2 saturated heterocycles. The van der Waals surface area contributed by atoms with Crippen molar-refractivity contribution in [2.75, 3.05) is 51.6 Å². The van der Waals surface area contributed by atoms with Crippen LogP contribution < -0.4 is 125 Å². The Kier molecular flexibility index (Phi) is 63.1. The lowest BCUT2D eigenvalue weighted by Crippen LogP contribution is -2.60. The maximum Gasteiger partial charge on any atom is 0.315 e. The van der Waals surface area contributed by atoms with Gasteiger partial charge in [-0.25, -0.2) is 4.79 Å². The minimum atomic E-state index is -1.79. The molecule has 0 unspecified atom stereocenters. The van der Waals surface area contributed by atoms with Crippen LogP contribution in [0, 0.1) is 17.8 Å². The summed E-state index contributed by atoms with van der Waals surface area (Å²) in [6.45, 7) is 16.4. The first kappa shape index (κ1) is 123. The van der Waals surface area contributed by atoms with Crippen LogP contribution in [0.5, 0.6) is 0 Å². The Balaban J connectivity index is 1.99. The number of aliphatic hydroxyl groups excluding tert-OH is 1. The van der Waals surface area contributed by atoms with Gasteiger partial charge in [0.25, 0.3) is 0 Å². The lowest BCUT2D eigenvalue weighted by Gasteiger charge is -2.29. The van der Waals surface area contributed by atoms with Crippen molar-refractivity contribution in [1.29, 1.82) is 0 Å². The number of aliphatic hydroxyl groups is 1. The zero-order valence-corrected chi connectivity index (χ0v) is 83.5. The van der Waals surface area contributed by atoms with Gasteiger partial charge in [-0.1, -0.05) is 138 Å². The summed E-state index contributed by atoms with van der Waals surface area (Å²) in [5.74, 6) is -13.2. The molecule has 2 heterocycles. The number of carboxylic acid groups (broad SMARTS) is 1. The van der Waals surface area contributed by atoms with E-state index in [1.165, 1.54) is 85.0 Å². The van der Waals surface area contributed by atoms with Gasteiger partial charge in [0.15, 0.2) is 5.96 Å². The van der Waals surface area contributed by atoms with Crippen LogP contribution in [-0.4, -0.2) is 270 Å². The molecule has 2 fully saturated rings. The first-order chi connectivity index (χ1) is 65.0. The van der Waals surface area contributed by atoms with E-state index in [0.29, 0.717) is 64.5 Å². The van der Waals surface area contributed by atoms with Crippen molar-refractivity contribution < 1.29 is 96.5 Å². The van der Waals surface area contributed by atoms with E-state index in [0.717, 1.165) is 31.4 Å². The number of amides is 18. The Morgan fingerprint density at radius 1 is 0.394 bits per heavy atom. The van der Waals surface area contributed by atoms with Crippen molar-refractivity contribution in [3.63, 3.8) is 0 Å². The van der Waals surface area contributed by atoms with Crippen LogP contribution in [0.15, 0.2) is 4.99 Å². The average molecular weight is 1960 g/mol. The first-order valence-electron chi connectivity index (χ1n) is 49.5. The molecule has 0 aliphatic carbocycles. The summed E-state index contributed by atoms with van der Waals surface area (Å²) in [5, 5.41) is 64.7. The van der Waals surface area contributed by atoms with Gasteiger partial charge in [0.1, 0.15) is 66.5 Å². The van der Waals surface area contributed by atoms with E-state index >= 15 is 0 Å². The Bertz CT molecular complexity index is 3790. The third-order valence-corrected chi connectivity index (χ3v) is 24.9. The van der Waals surface area contributed by atoms with Gasteiger partial charge in [-0.05, 0) is 167 Å². The van der Waals surface area contributed by atoms with Crippen molar-refractivity contribution in [1.82, 2.24) is 90.4 Å². The van der Waals surface area contributed by atoms with Crippen molar-refractivity contribution in [2.24, 2.45) is 57.1 Å². The summed E-state index contributed by atoms with van der Waals surface area (Å²) in [4.78, 5) is 243. The van der Waals surface area contributed by atoms with E-state index in [2.05, 4.69) is 102 Å². The molecule has 31 N–H and O–H groups in total. The van der Waals surface area contributed by atoms with Crippen LogP contribution in [0.4, 0.5) is 4.79 Å². The number of hydrogen-bond donors (Lipinski definition) is 25. The molecule has 0 radical (unpaired) electrons. The van der Waals surface area contributed by atoms with E-state index in [1.807, 2.05) is 27.7 Å². The average Bonchev–Trinajstić information content (AvgIpc) is 1.67. The third kappa shape index (κ3) is 54.6. The molecule has 782 valence electrons. The molecule has 45 heteroatoms. The number of aliphatic imine (C=N–C) groups is 1. The number of fused-ring (bicyclic) bond motifs is 1. The van der Waals surface area contributed by atoms with Crippen molar-refractivity contribution >= 4 is 124 Å². The highest BCUT2D eigenvalue weighted by atomic mass is 32.2. The molecule has 16 atom stereocenters. The van der Waals surface area contributed by atoms with Gasteiger partial charge in [0, 0.05) is 50.0 Å². The molecule has 2 aliphatic heterocycles. The van der Waals surface area contributed by atoms with Gasteiger partial charge in [-0.2, -0.15) is 11.8 Å². The number of carbonyl (C=O) groups excluding carboxylic acids is 17. The summed E-state index contributed by atoms with van der Waals surface area (Å²) in [5.41, 5.74) is 34.7. The van der Waals surface area contributed by atoms with E-state index in [1.54, 1.807) is 25.6 Å². The molecule has 137 heavy (non-hydrogen) atoms. The molecule has 0 aromatic rings. The highest BCUT2D eigenvalue weighted by Gasteiger charge is 2.43.